The quantitative estimate of drug-likeness (QED) is 0.793. The number of hydrogen-bond donors (Lipinski definition) is 0. The van der Waals surface area contributed by atoms with Crippen molar-refractivity contribution < 1.29 is 0 Å². The van der Waals surface area contributed by atoms with Crippen LogP contribution in [0.25, 0.3) is 0 Å². The van der Waals surface area contributed by atoms with Crippen molar-refractivity contribution in [2.75, 3.05) is 6.54 Å². The summed E-state index contributed by atoms with van der Waals surface area (Å²) in [6, 6.07) is 13.6. The van der Waals surface area contributed by atoms with E-state index in [-0.39, 0.29) is 6.04 Å². The van der Waals surface area contributed by atoms with Crippen LogP contribution in [0.1, 0.15) is 38.3 Å². The molecule has 1 aliphatic rings. The Bertz CT molecular complexity index is 393. The van der Waals surface area contributed by atoms with E-state index in [1.807, 2.05) is 6.07 Å². The zero-order valence-electron chi connectivity index (χ0n) is 10.6. The SMILES string of the molecule is CC1CC(C)N(C(CC#N)c2ccccc2)C1. The predicted octanol–water partition coefficient (Wildman–Crippen LogP) is 3.37. The van der Waals surface area contributed by atoms with Gasteiger partial charge in [0.15, 0.2) is 0 Å². The Kier molecular flexibility index (Phi) is 3.81. The zero-order chi connectivity index (χ0) is 12.3. The van der Waals surface area contributed by atoms with Crippen LogP contribution < -0.4 is 0 Å². The Morgan fingerprint density at radius 3 is 2.59 bits per heavy atom. The molecule has 1 fully saturated rings. The van der Waals surface area contributed by atoms with Crippen LogP contribution in [0, 0.1) is 17.2 Å². The summed E-state index contributed by atoms with van der Waals surface area (Å²) in [6.07, 6.45) is 1.83. The van der Waals surface area contributed by atoms with Crippen molar-refractivity contribution >= 4 is 0 Å². The molecule has 0 N–H and O–H groups in total. The van der Waals surface area contributed by atoms with Crippen LogP contribution >= 0.6 is 0 Å². The maximum absolute atomic E-state index is 9.03. The van der Waals surface area contributed by atoms with E-state index in [0.29, 0.717) is 12.5 Å². The number of nitrogens with zero attached hydrogens (tertiary/aromatic N) is 2. The van der Waals surface area contributed by atoms with Gasteiger partial charge in [0, 0.05) is 18.6 Å². The van der Waals surface area contributed by atoms with Crippen molar-refractivity contribution in [2.45, 2.75) is 38.8 Å². The molecule has 3 atom stereocenters. The van der Waals surface area contributed by atoms with Gasteiger partial charge in [0.05, 0.1) is 12.5 Å². The monoisotopic (exact) mass is 228 g/mol. The minimum absolute atomic E-state index is 0.265. The van der Waals surface area contributed by atoms with Crippen LogP contribution in [0.3, 0.4) is 0 Å². The van der Waals surface area contributed by atoms with Gasteiger partial charge in [0.1, 0.15) is 0 Å². The summed E-state index contributed by atoms with van der Waals surface area (Å²) in [4.78, 5) is 2.49. The molecule has 0 bridgehead atoms. The van der Waals surface area contributed by atoms with Crippen molar-refractivity contribution in [3.63, 3.8) is 0 Å². The molecule has 1 aromatic rings. The fraction of sp³-hybridized carbons (Fsp3) is 0.533. The lowest BCUT2D eigenvalue weighted by molar-refractivity contribution is 0.190. The summed E-state index contributed by atoms with van der Waals surface area (Å²) in [7, 11) is 0. The molecule has 0 aromatic heterocycles. The van der Waals surface area contributed by atoms with Gasteiger partial charge in [0.25, 0.3) is 0 Å². The molecular formula is C15H20N2. The fourth-order valence-electron chi connectivity index (χ4n) is 2.95. The maximum atomic E-state index is 9.03. The molecule has 3 unspecified atom stereocenters. The molecule has 1 saturated heterocycles. The average molecular weight is 228 g/mol. The second-order valence-corrected chi connectivity index (χ2v) is 5.18. The van der Waals surface area contributed by atoms with Gasteiger partial charge in [-0.1, -0.05) is 37.3 Å². The number of hydrogen-bond acceptors (Lipinski definition) is 2. The Balaban J connectivity index is 2.21. The van der Waals surface area contributed by atoms with Gasteiger partial charge < -0.3 is 0 Å². The molecule has 90 valence electrons. The van der Waals surface area contributed by atoms with Crippen molar-refractivity contribution in [1.82, 2.24) is 4.90 Å². The van der Waals surface area contributed by atoms with Gasteiger partial charge in [0.2, 0.25) is 0 Å². The third-order valence-electron chi connectivity index (χ3n) is 3.70. The third kappa shape index (κ3) is 2.68. The lowest BCUT2D eigenvalue weighted by Gasteiger charge is -2.30. The van der Waals surface area contributed by atoms with E-state index < -0.39 is 0 Å². The Hall–Kier alpha value is -1.33. The van der Waals surface area contributed by atoms with E-state index in [1.165, 1.54) is 12.0 Å². The van der Waals surface area contributed by atoms with Crippen molar-refractivity contribution in [2.24, 2.45) is 5.92 Å². The molecule has 2 rings (SSSR count). The highest BCUT2D eigenvalue weighted by Gasteiger charge is 2.32. The minimum atomic E-state index is 0.265. The van der Waals surface area contributed by atoms with E-state index >= 15 is 0 Å². The zero-order valence-corrected chi connectivity index (χ0v) is 10.6. The van der Waals surface area contributed by atoms with E-state index in [1.54, 1.807) is 0 Å². The second kappa shape index (κ2) is 5.33. The van der Waals surface area contributed by atoms with Crippen LogP contribution in [-0.4, -0.2) is 17.5 Å². The van der Waals surface area contributed by atoms with Gasteiger partial charge in [-0.2, -0.15) is 5.26 Å². The smallest absolute Gasteiger partial charge is 0.0641 e. The number of benzene rings is 1. The Morgan fingerprint density at radius 1 is 1.35 bits per heavy atom. The first kappa shape index (κ1) is 12.1. The topological polar surface area (TPSA) is 27.0 Å². The Labute approximate surface area is 104 Å². The van der Waals surface area contributed by atoms with E-state index in [2.05, 4.69) is 49.1 Å². The average Bonchev–Trinajstić information content (AvgIpc) is 2.66. The van der Waals surface area contributed by atoms with Gasteiger partial charge in [-0.25, -0.2) is 0 Å². The molecule has 2 nitrogen and oxygen atoms in total. The van der Waals surface area contributed by atoms with Crippen molar-refractivity contribution in [3.8, 4) is 6.07 Å². The molecule has 17 heavy (non-hydrogen) atoms. The van der Waals surface area contributed by atoms with Gasteiger partial charge >= 0.3 is 0 Å². The molecule has 2 heteroatoms. The summed E-state index contributed by atoms with van der Waals surface area (Å²) in [5.74, 6) is 0.745. The molecular weight excluding hydrogens is 208 g/mol. The predicted molar refractivity (Wildman–Crippen MR) is 69.4 cm³/mol. The first-order chi connectivity index (χ1) is 8.22. The van der Waals surface area contributed by atoms with E-state index in [0.717, 1.165) is 12.5 Å². The third-order valence-corrected chi connectivity index (χ3v) is 3.70. The number of nitriles is 1. The molecule has 0 aliphatic carbocycles. The fourth-order valence-corrected chi connectivity index (χ4v) is 2.95. The highest BCUT2D eigenvalue weighted by molar-refractivity contribution is 5.20. The minimum Gasteiger partial charge on any atom is -0.292 e. The van der Waals surface area contributed by atoms with Crippen LogP contribution in [-0.2, 0) is 0 Å². The number of rotatable bonds is 3. The second-order valence-electron chi connectivity index (χ2n) is 5.18. The first-order valence-electron chi connectivity index (χ1n) is 6.40. The highest BCUT2D eigenvalue weighted by Crippen LogP contribution is 2.33. The summed E-state index contributed by atoms with van der Waals surface area (Å²) in [5, 5.41) is 9.03. The van der Waals surface area contributed by atoms with E-state index in [9.17, 15) is 0 Å². The lowest BCUT2D eigenvalue weighted by Crippen LogP contribution is -2.31. The van der Waals surface area contributed by atoms with Crippen molar-refractivity contribution in [1.29, 1.82) is 5.26 Å². The first-order valence-corrected chi connectivity index (χ1v) is 6.40. The molecule has 0 amide bonds. The molecule has 1 aromatic carbocycles. The summed E-state index contributed by atoms with van der Waals surface area (Å²) in [6.45, 7) is 5.68. The summed E-state index contributed by atoms with van der Waals surface area (Å²) in [5.41, 5.74) is 1.27. The standard InChI is InChI=1S/C15H20N2/c1-12-10-13(2)17(11-12)15(8-9-16)14-6-4-3-5-7-14/h3-7,12-13,15H,8,10-11H2,1-2H3. The normalized spacial score (nSPS) is 26.6. The summed E-state index contributed by atoms with van der Waals surface area (Å²) < 4.78 is 0. The molecule has 0 saturated carbocycles. The molecule has 0 spiro atoms. The molecule has 1 heterocycles. The van der Waals surface area contributed by atoms with Gasteiger partial charge in [-0.15, -0.1) is 0 Å². The van der Waals surface area contributed by atoms with E-state index in [4.69, 9.17) is 5.26 Å². The van der Waals surface area contributed by atoms with Gasteiger partial charge in [-0.05, 0) is 24.8 Å². The van der Waals surface area contributed by atoms with Crippen LogP contribution in [0.4, 0.5) is 0 Å². The number of likely N-dealkylation sites (tertiary alicyclic amines) is 1. The summed E-state index contributed by atoms with van der Waals surface area (Å²) >= 11 is 0. The maximum Gasteiger partial charge on any atom is 0.0641 e. The van der Waals surface area contributed by atoms with Crippen molar-refractivity contribution in [3.05, 3.63) is 35.9 Å². The van der Waals surface area contributed by atoms with Crippen LogP contribution in [0.15, 0.2) is 30.3 Å². The molecule has 1 aliphatic heterocycles. The van der Waals surface area contributed by atoms with Gasteiger partial charge in [-0.3, -0.25) is 4.90 Å². The molecule has 0 radical (unpaired) electrons. The highest BCUT2D eigenvalue weighted by atomic mass is 15.2. The Morgan fingerprint density at radius 2 is 2.06 bits per heavy atom. The largest absolute Gasteiger partial charge is 0.292 e. The van der Waals surface area contributed by atoms with Crippen LogP contribution in [0.5, 0.6) is 0 Å². The lowest BCUT2D eigenvalue weighted by atomic mass is 10.0. The van der Waals surface area contributed by atoms with Crippen LogP contribution in [0.2, 0.25) is 0 Å².